The minimum absolute atomic E-state index is 0.00802. The molecule has 0 fully saturated rings. The Morgan fingerprint density at radius 3 is 2.30 bits per heavy atom. The van der Waals surface area contributed by atoms with Crippen molar-refractivity contribution in [3.8, 4) is 11.1 Å². The van der Waals surface area contributed by atoms with Gasteiger partial charge >= 0.3 is 0 Å². The minimum Gasteiger partial charge on any atom is -0.394 e. The Morgan fingerprint density at radius 1 is 0.950 bits per heavy atom. The molecule has 0 aliphatic rings. The van der Waals surface area contributed by atoms with Crippen LogP contribution in [0.1, 0.15) is 0 Å². The number of hydrogen-bond acceptors (Lipinski definition) is 5. The molecule has 20 heavy (non-hydrogen) atoms. The molecule has 0 aliphatic carbocycles. The van der Waals surface area contributed by atoms with E-state index in [-0.39, 0.29) is 11.4 Å². The highest BCUT2D eigenvalue weighted by molar-refractivity contribution is 5.77. The van der Waals surface area contributed by atoms with E-state index >= 15 is 0 Å². The molecule has 2 aromatic carbocycles. The monoisotopic (exact) mass is 265 g/mol. The van der Waals surface area contributed by atoms with Gasteiger partial charge in [-0.1, -0.05) is 18.2 Å². The van der Waals surface area contributed by atoms with E-state index in [0.717, 1.165) is 11.1 Å². The summed E-state index contributed by atoms with van der Waals surface area (Å²) in [5.41, 5.74) is 7.16. The second-order valence-corrected chi connectivity index (χ2v) is 4.39. The molecule has 0 atom stereocenters. The molecule has 0 amide bonds. The molecular formula is C15H11N3O2. The zero-order chi connectivity index (χ0) is 14.1. The van der Waals surface area contributed by atoms with Gasteiger partial charge < -0.3 is 11.1 Å². The predicted octanol–water partition coefficient (Wildman–Crippen LogP) is 1.67. The number of nitrogen functional groups attached to an aromatic ring is 1. The van der Waals surface area contributed by atoms with Crippen molar-refractivity contribution >= 4 is 17.1 Å². The standard InChI is InChI=1S/C15H11N3O2/c16-12-13(15(20)14(12)19)18-11-5-3-9(4-6-11)10-2-1-7-17-8-10/h1-8,18H,16H2. The van der Waals surface area contributed by atoms with Crippen molar-refractivity contribution in [2.75, 3.05) is 11.1 Å². The number of nitrogens with one attached hydrogen (secondary N) is 1. The van der Waals surface area contributed by atoms with Crippen LogP contribution in [-0.2, 0) is 0 Å². The van der Waals surface area contributed by atoms with Gasteiger partial charge in [0.15, 0.2) is 0 Å². The number of nitrogens with two attached hydrogens (primary N) is 1. The predicted molar refractivity (Wildman–Crippen MR) is 78.7 cm³/mol. The average molecular weight is 265 g/mol. The van der Waals surface area contributed by atoms with Gasteiger partial charge in [-0.3, -0.25) is 14.6 Å². The smallest absolute Gasteiger partial charge is 0.253 e. The summed E-state index contributed by atoms with van der Waals surface area (Å²) < 4.78 is 0. The van der Waals surface area contributed by atoms with Crippen molar-refractivity contribution in [2.24, 2.45) is 0 Å². The minimum atomic E-state index is -0.625. The van der Waals surface area contributed by atoms with Gasteiger partial charge in [0.1, 0.15) is 11.4 Å². The van der Waals surface area contributed by atoms with E-state index in [9.17, 15) is 9.59 Å². The number of pyridine rings is 1. The zero-order valence-corrected chi connectivity index (χ0v) is 10.5. The van der Waals surface area contributed by atoms with E-state index in [1.165, 1.54) is 0 Å². The molecule has 1 heterocycles. The SMILES string of the molecule is Nc1c(Nc2ccc(-c3cccnc3)cc2)c(=O)c1=O. The highest BCUT2D eigenvalue weighted by Crippen LogP contribution is 2.23. The Kier molecular flexibility index (Phi) is 2.80. The van der Waals surface area contributed by atoms with Crippen LogP contribution in [0.4, 0.5) is 17.1 Å². The van der Waals surface area contributed by atoms with Gasteiger partial charge in [-0.05, 0) is 29.3 Å². The maximum Gasteiger partial charge on any atom is 0.253 e. The lowest BCUT2D eigenvalue weighted by Gasteiger charge is -2.10. The summed E-state index contributed by atoms with van der Waals surface area (Å²) in [6, 6.07) is 11.3. The third-order valence-corrected chi connectivity index (χ3v) is 3.10. The van der Waals surface area contributed by atoms with Gasteiger partial charge in [0.25, 0.3) is 10.9 Å². The Labute approximate surface area is 114 Å². The molecule has 3 aromatic rings. The summed E-state index contributed by atoms with van der Waals surface area (Å²) in [5, 5.41) is 2.86. The highest BCUT2D eigenvalue weighted by atomic mass is 16.2. The Morgan fingerprint density at radius 2 is 1.70 bits per heavy atom. The van der Waals surface area contributed by atoms with Gasteiger partial charge in [-0.15, -0.1) is 0 Å². The number of rotatable bonds is 3. The largest absolute Gasteiger partial charge is 0.394 e. The molecule has 0 saturated carbocycles. The van der Waals surface area contributed by atoms with Crippen molar-refractivity contribution < 1.29 is 0 Å². The molecule has 98 valence electrons. The summed E-state index contributed by atoms with van der Waals surface area (Å²) in [7, 11) is 0. The number of nitrogens with zero attached hydrogens (tertiary/aromatic N) is 1. The van der Waals surface area contributed by atoms with Gasteiger partial charge in [0.2, 0.25) is 0 Å². The second-order valence-electron chi connectivity index (χ2n) is 4.39. The van der Waals surface area contributed by atoms with Crippen LogP contribution in [0.5, 0.6) is 0 Å². The van der Waals surface area contributed by atoms with E-state index in [4.69, 9.17) is 5.73 Å². The highest BCUT2D eigenvalue weighted by Gasteiger charge is 2.17. The van der Waals surface area contributed by atoms with Crippen LogP contribution < -0.4 is 21.9 Å². The van der Waals surface area contributed by atoms with Crippen LogP contribution in [0.15, 0.2) is 58.4 Å². The van der Waals surface area contributed by atoms with Gasteiger partial charge in [-0.25, -0.2) is 0 Å². The van der Waals surface area contributed by atoms with Crippen LogP contribution in [0.25, 0.3) is 11.1 Å². The summed E-state index contributed by atoms with van der Waals surface area (Å²) in [6.45, 7) is 0. The fraction of sp³-hybridized carbons (Fsp3) is 0. The molecule has 0 saturated heterocycles. The third kappa shape index (κ3) is 1.95. The molecule has 0 bridgehead atoms. The van der Waals surface area contributed by atoms with Crippen molar-refractivity contribution in [1.82, 2.24) is 4.98 Å². The molecule has 1 aromatic heterocycles. The molecule has 0 unspecified atom stereocenters. The average Bonchev–Trinajstić information content (AvgIpc) is 2.53. The van der Waals surface area contributed by atoms with E-state index in [0.29, 0.717) is 5.69 Å². The number of aromatic nitrogens is 1. The molecule has 0 aliphatic heterocycles. The molecule has 3 rings (SSSR count). The quantitative estimate of drug-likeness (QED) is 0.704. The maximum absolute atomic E-state index is 11.3. The van der Waals surface area contributed by atoms with Crippen molar-refractivity contribution in [1.29, 1.82) is 0 Å². The number of benzene rings is 1. The van der Waals surface area contributed by atoms with E-state index in [1.807, 2.05) is 36.4 Å². The summed E-state index contributed by atoms with van der Waals surface area (Å²) in [5.74, 6) is 0. The van der Waals surface area contributed by atoms with Crippen molar-refractivity contribution in [3.05, 3.63) is 69.2 Å². The summed E-state index contributed by atoms with van der Waals surface area (Å²) in [4.78, 5) is 26.4. The molecule has 3 N–H and O–H groups in total. The van der Waals surface area contributed by atoms with E-state index in [1.54, 1.807) is 12.4 Å². The first-order chi connectivity index (χ1) is 9.66. The van der Waals surface area contributed by atoms with Crippen LogP contribution in [0.2, 0.25) is 0 Å². The second kappa shape index (κ2) is 4.62. The lowest BCUT2D eigenvalue weighted by Crippen LogP contribution is -2.36. The van der Waals surface area contributed by atoms with E-state index < -0.39 is 10.9 Å². The first-order valence-electron chi connectivity index (χ1n) is 6.03. The molecule has 5 heteroatoms. The molecule has 5 nitrogen and oxygen atoms in total. The molecule has 0 radical (unpaired) electrons. The Hall–Kier alpha value is -2.95. The summed E-state index contributed by atoms with van der Waals surface area (Å²) >= 11 is 0. The first kappa shape index (κ1) is 12.1. The van der Waals surface area contributed by atoms with Gasteiger partial charge in [0, 0.05) is 18.1 Å². The van der Waals surface area contributed by atoms with Gasteiger partial charge in [-0.2, -0.15) is 0 Å². The molecule has 0 spiro atoms. The zero-order valence-electron chi connectivity index (χ0n) is 10.5. The fourth-order valence-electron chi connectivity index (χ4n) is 1.96. The van der Waals surface area contributed by atoms with Crippen molar-refractivity contribution in [2.45, 2.75) is 0 Å². The third-order valence-electron chi connectivity index (χ3n) is 3.10. The normalized spacial score (nSPS) is 10.6. The maximum atomic E-state index is 11.3. The van der Waals surface area contributed by atoms with Gasteiger partial charge in [0.05, 0.1) is 0 Å². The Balaban J connectivity index is 1.84. The first-order valence-corrected chi connectivity index (χ1v) is 6.03. The fourth-order valence-corrected chi connectivity index (χ4v) is 1.96. The topological polar surface area (TPSA) is 85.1 Å². The molecular weight excluding hydrogens is 254 g/mol. The Bertz CT molecular complexity index is 817. The summed E-state index contributed by atoms with van der Waals surface area (Å²) in [6.07, 6.45) is 3.49. The van der Waals surface area contributed by atoms with Crippen LogP contribution in [0, 0.1) is 0 Å². The van der Waals surface area contributed by atoms with Crippen molar-refractivity contribution in [3.63, 3.8) is 0 Å². The lowest BCUT2D eigenvalue weighted by atomic mass is 10.1. The van der Waals surface area contributed by atoms with E-state index in [2.05, 4.69) is 10.3 Å². The van der Waals surface area contributed by atoms with Crippen LogP contribution >= 0.6 is 0 Å². The number of hydrogen-bond donors (Lipinski definition) is 2. The van der Waals surface area contributed by atoms with Crippen LogP contribution in [0.3, 0.4) is 0 Å². The number of anilines is 3. The lowest BCUT2D eigenvalue weighted by molar-refractivity contribution is 1.33. The van der Waals surface area contributed by atoms with Crippen LogP contribution in [-0.4, -0.2) is 4.98 Å².